The average Bonchev–Trinajstić information content (AvgIpc) is 3.03. The van der Waals surface area contributed by atoms with Gasteiger partial charge >= 0.3 is 5.97 Å². The van der Waals surface area contributed by atoms with E-state index in [-0.39, 0.29) is 12.3 Å². The van der Waals surface area contributed by atoms with Crippen molar-refractivity contribution in [2.45, 2.75) is 6.92 Å². The Kier molecular flexibility index (Phi) is 3.74. The second kappa shape index (κ2) is 5.85. The van der Waals surface area contributed by atoms with Crippen LogP contribution in [0.4, 0.5) is 0 Å². The summed E-state index contributed by atoms with van der Waals surface area (Å²) in [6.45, 7) is 2.04. The smallest absolute Gasteiger partial charge is 0.361 e. The lowest BCUT2D eigenvalue weighted by Gasteiger charge is -2.09. The molecule has 1 N–H and O–H groups in total. The van der Waals surface area contributed by atoms with Crippen molar-refractivity contribution < 1.29 is 14.3 Å². The van der Waals surface area contributed by atoms with E-state index in [1.165, 1.54) is 0 Å². The van der Waals surface area contributed by atoms with Gasteiger partial charge in [0.15, 0.2) is 5.69 Å². The fourth-order valence-electron chi connectivity index (χ4n) is 2.42. The Morgan fingerprint density at radius 1 is 1.14 bits per heavy atom. The molecule has 6 heteroatoms. The fraction of sp³-hybridized carbons (Fsp3) is 0.188. The third-order valence-electron chi connectivity index (χ3n) is 3.38. The zero-order chi connectivity index (χ0) is 15.5. The number of nitrogens with zero attached hydrogens (tertiary/aromatic N) is 2. The lowest BCUT2D eigenvalue weighted by molar-refractivity contribution is 0.0520. The third-order valence-corrected chi connectivity index (χ3v) is 3.38. The van der Waals surface area contributed by atoms with Crippen molar-refractivity contribution in [1.29, 1.82) is 0 Å². The van der Waals surface area contributed by atoms with Crippen molar-refractivity contribution >= 4 is 16.7 Å². The minimum Gasteiger partial charge on any atom is -0.496 e. The normalized spacial score (nSPS) is 10.6. The first kappa shape index (κ1) is 14.1. The van der Waals surface area contributed by atoms with Crippen molar-refractivity contribution in [3.63, 3.8) is 0 Å². The van der Waals surface area contributed by atoms with Crippen LogP contribution in [-0.2, 0) is 4.74 Å². The number of hydrogen-bond acceptors (Lipinski definition) is 5. The Hall–Kier alpha value is -2.89. The van der Waals surface area contributed by atoms with Crippen LogP contribution in [0.5, 0.6) is 5.75 Å². The minimum atomic E-state index is -0.494. The molecule has 0 fully saturated rings. The van der Waals surface area contributed by atoms with Gasteiger partial charge in [-0.15, -0.1) is 5.10 Å². The van der Waals surface area contributed by atoms with Crippen LogP contribution in [0, 0.1) is 0 Å². The molecule has 0 aliphatic heterocycles. The van der Waals surface area contributed by atoms with Crippen LogP contribution >= 0.6 is 0 Å². The molecular formula is C16H15N3O3. The molecule has 0 atom stereocenters. The van der Waals surface area contributed by atoms with E-state index in [0.717, 1.165) is 22.1 Å². The highest BCUT2D eigenvalue weighted by atomic mass is 16.5. The van der Waals surface area contributed by atoms with Gasteiger partial charge in [0, 0.05) is 10.9 Å². The maximum absolute atomic E-state index is 12.0. The molecule has 112 valence electrons. The highest BCUT2D eigenvalue weighted by molar-refractivity contribution is 6.03. The van der Waals surface area contributed by atoms with Gasteiger partial charge in [0.1, 0.15) is 11.4 Å². The number of aromatic nitrogens is 3. The van der Waals surface area contributed by atoms with Gasteiger partial charge < -0.3 is 9.47 Å². The summed E-state index contributed by atoms with van der Waals surface area (Å²) in [5.74, 6) is 0.270. The predicted octanol–water partition coefficient (Wildman–Crippen LogP) is 2.81. The van der Waals surface area contributed by atoms with E-state index in [2.05, 4.69) is 15.4 Å². The number of nitrogens with one attached hydrogen (secondary N) is 1. The Bertz CT molecular complexity index is 826. The predicted molar refractivity (Wildman–Crippen MR) is 81.8 cm³/mol. The molecule has 22 heavy (non-hydrogen) atoms. The van der Waals surface area contributed by atoms with Gasteiger partial charge in [-0.3, -0.25) is 0 Å². The standard InChI is InChI=1S/C16H15N3O3/c1-3-22-16(20)15-14(17-19-18-15)12-8-9-13(21-2)11-7-5-4-6-10(11)12/h4-9H,3H2,1-2H3,(H,17,18,19). The van der Waals surface area contributed by atoms with Gasteiger partial charge in [0.05, 0.1) is 13.7 Å². The number of methoxy groups -OCH3 is 1. The van der Waals surface area contributed by atoms with E-state index < -0.39 is 5.97 Å². The summed E-state index contributed by atoms with van der Waals surface area (Å²) in [6.07, 6.45) is 0. The van der Waals surface area contributed by atoms with Gasteiger partial charge in [-0.25, -0.2) is 4.79 Å². The molecule has 0 radical (unpaired) electrons. The van der Waals surface area contributed by atoms with Gasteiger partial charge in [0.25, 0.3) is 0 Å². The van der Waals surface area contributed by atoms with E-state index in [0.29, 0.717) is 5.69 Å². The molecule has 1 aromatic heterocycles. The largest absolute Gasteiger partial charge is 0.496 e. The summed E-state index contributed by atoms with van der Waals surface area (Å²) in [4.78, 5) is 12.0. The van der Waals surface area contributed by atoms with Crippen LogP contribution in [0.1, 0.15) is 17.4 Å². The molecule has 6 nitrogen and oxygen atoms in total. The summed E-state index contributed by atoms with van der Waals surface area (Å²) < 4.78 is 10.4. The molecule has 0 bridgehead atoms. The van der Waals surface area contributed by atoms with Crippen LogP contribution in [0.25, 0.3) is 22.0 Å². The number of benzene rings is 2. The summed E-state index contributed by atoms with van der Waals surface area (Å²) >= 11 is 0. The Balaban J connectivity index is 2.20. The monoisotopic (exact) mass is 297 g/mol. The van der Waals surface area contributed by atoms with Gasteiger partial charge in [-0.1, -0.05) is 24.3 Å². The lowest BCUT2D eigenvalue weighted by Crippen LogP contribution is -2.06. The maximum atomic E-state index is 12.0. The minimum absolute atomic E-state index is 0.178. The molecule has 0 aliphatic rings. The van der Waals surface area contributed by atoms with Crippen LogP contribution in [0.2, 0.25) is 0 Å². The Labute approximate surface area is 127 Å². The zero-order valence-corrected chi connectivity index (χ0v) is 12.3. The first-order chi connectivity index (χ1) is 10.8. The van der Waals surface area contributed by atoms with Crippen LogP contribution < -0.4 is 4.74 Å². The number of ether oxygens (including phenoxy) is 2. The number of hydrogen-bond donors (Lipinski definition) is 1. The van der Waals surface area contributed by atoms with E-state index in [1.807, 2.05) is 36.4 Å². The van der Waals surface area contributed by atoms with Crippen molar-refractivity contribution in [3.8, 4) is 17.0 Å². The third kappa shape index (κ3) is 2.28. The van der Waals surface area contributed by atoms with Crippen LogP contribution in [0.3, 0.4) is 0 Å². The number of carbonyl (C=O) groups is 1. The summed E-state index contributed by atoms with van der Waals surface area (Å²) in [6, 6.07) is 11.5. The molecule has 0 aliphatic carbocycles. The van der Waals surface area contributed by atoms with Gasteiger partial charge in [-0.05, 0) is 24.4 Å². The van der Waals surface area contributed by atoms with E-state index in [4.69, 9.17) is 9.47 Å². The molecular weight excluding hydrogens is 282 g/mol. The number of aromatic amines is 1. The van der Waals surface area contributed by atoms with E-state index in [9.17, 15) is 4.79 Å². The number of H-pyrrole nitrogens is 1. The molecule has 3 rings (SSSR count). The molecule has 1 heterocycles. The number of carbonyl (C=O) groups excluding carboxylic acids is 1. The van der Waals surface area contributed by atoms with E-state index in [1.54, 1.807) is 14.0 Å². The average molecular weight is 297 g/mol. The molecule has 0 saturated heterocycles. The summed E-state index contributed by atoms with van der Waals surface area (Å²) in [7, 11) is 1.63. The maximum Gasteiger partial charge on any atom is 0.361 e. The van der Waals surface area contributed by atoms with Gasteiger partial charge in [-0.2, -0.15) is 10.3 Å². The van der Waals surface area contributed by atoms with Crippen molar-refractivity contribution in [2.24, 2.45) is 0 Å². The molecule has 0 saturated carbocycles. The first-order valence-electron chi connectivity index (χ1n) is 6.90. The SMILES string of the molecule is CCOC(=O)c1n[nH]nc1-c1ccc(OC)c2ccccc12. The van der Waals surface area contributed by atoms with Gasteiger partial charge in [0.2, 0.25) is 0 Å². The van der Waals surface area contributed by atoms with Crippen LogP contribution in [-0.4, -0.2) is 35.1 Å². The highest BCUT2D eigenvalue weighted by Gasteiger charge is 2.21. The highest BCUT2D eigenvalue weighted by Crippen LogP contribution is 2.34. The van der Waals surface area contributed by atoms with Crippen molar-refractivity contribution in [1.82, 2.24) is 15.4 Å². The van der Waals surface area contributed by atoms with Crippen molar-refractivity contribution in [2.75, 3.05) is 13.7 Å². The molecule has 0 amide bonds. The lowest BCUT2D eigenvalue weighted by atomic mass is 10.0. The molecule has 3 aromatic rings. The first-order valence-corrected chi connectivity index (χ1v) is 6.90. The Morgan fingerprint density at radius 2 is 1.91 bits per heavy atom. The number of fused-ring (bicyclic) bond motifs is 1. The molecule has 2 aromatic carbocycles. The van der Waals surface area contributed by atoms with Crippen molar-refractivity contribution in [3.05, 3.63) is 42.1 Å². The number of rotatable bonds is 4. The second-order valence-corrected chi connectivity index (χ2v) is 4.60. The summed E-state index contributed by atoms with van der Waals surface area (Å²) in [5.41, 5.74) is 1.45. The summed E-state index contributed by atoms with van der Waals surface area (Å²) in [5, 5.41) is 12.4. The zero-order valence-electron chi connectivity index (χ0n) is 12.3. The van der Waals surface area contributed by atoms with Crippen LogP contribution in [0.15, 0.2) is 36.4 Å². The van der Waals surface area contributed by atoms with E-state index >= 15 is 0 Å². The topological polar surface area (TPSA) is 77.1 Å². The molecule has 0 unspecified atom stereocenters. The fourth-order valence-corrected chi connectivity index (χ4v) is 2.42. The Morgan fingerprint density at radius 3 is 2.64 bits per heavy atom. The number of esters is 1. The quantitative estimate of drug-likeness (QED) is 0.749. The second-order valence-electron chi connectivity index (χ2n) is 4.60. The molecule has 0 spiro atoms.